The van der Waals surface area contributed by atoms with E-state index in [1.807, 2.05) is 35.2 Å². The summed E-state index contributed by atoms with van der Waals surface area (Å²) in [6, 6.07) is 9.48. The molecule has 0 spiro atoms. The topological polar surface area (TPSA) is 49.6 Å². The highest BCUT2D eigenvalue weighted by atomic mass is 16.2. The number of carbonyl (C=O) groups is 1. The standard InChI is InChI=1S/C14H21N3O/c1-16(2)12-8-9-17(10-12)14(18)13(15)11-6-4-3-5-7-11/h3-7,12-13H,8-10,15H2,1-2H3/t12?,13-/m0/s1. The van der Waals surface area contributed by atoms with Gasteiger partial charge in [-0.2, -0.15) is 0 Å². The van der Waals surface area contributed by atoms with Gasteiger partial charge in [0, 0.05) is 19.1 Å². The highest BCUT2D eigenvalue weighted by Gasteiger charge is 2.30. The SMILES string of the molecule is CN(C)C1CCN(C(=O)[C@@H](N)c2ccccc2)C1. The van der Waals surface area contributed by atoms with Crippen molar-refractivity contribution in [2.75, 3.05) is 27.2 Å². The molecule has 1 amide bonds. The van der Waals surface area contributed by atoms with Crippen molar-refractivity contribution in [3.8, 4) is 0 Å². The number of likely N-dealkylation sites (N-methyl/N-ethyl adjacent to an activating group) is 1. The average molecular weight is 247 g/mol. The minimum absolute atomic E-state index is 0.0329. The molecule has 2 rings (SSSR count). The fraction of sp³-hybridized carbons (Fsp3) is 0.500. The Morgan fingerprint density at radius 2 is 2.06 bits per heavy atom. The first-order valence-corrected chi connectivity index (χ1v) is 6.35. The third-order valence-corrected chi connectivity index (χ3v) is 3.63. The van der Waals surface area contributed by atoms with Crippen LogP contribution in [-0.4, -0.2) is 48.9 Å². The van der Waals surface area contributed by atoms with Gasteiger partial charge < -0.3 is 15.5 Å². The van der Waals surface area contributed by atoms with Gasteiger partial charge >= 0.3 is 0 Å². The third kappa shape index (κ3) is 2.71. The summed E-state index contributed by atoms with van der Waals surface area (Å²) < 4.78 is 0. The molecule has 1 saturated heterocycles. The average Bonchev–Trinajstić information content (AvgIpc) is 2.88. The molecule has 1 aromatic carbocycles. The van der Waals surface area contributed by atoms with Gasteiger partial charge in [-0.3, -0.25) is 4.79 Å². The zero-order chi connectivity index (χ0) is 13.1. The van der Waals surface area contributed by atoms with Gasteiger partial charge in [-0.1, -0.05) is 30.3 Å². The summed E-state index contributed by atoms with van der Waals surface area (Å²) in [5.41, 5.74) is 6.92. The number of hydrogen-bond acceptors (Lipinski definition) is 3. The molecular formula is C14H21N3O. The normalized spacial score (nSPS) is 21.3. The van der Waals surface area contributed by atoms with Crippen LogP contribution in [-0.2, 0) is 4.79 Å². The second kappa shape index (κ2) is 5.50. The van der Waals surface area contributed by atoms with Gasteiger partial charge in [0.1, 0.15) is 6.04 Å². The Morgan fingerprint density at radius 3 is 2.61 bits per heavy atom. The van der Waals surface area contributed by atoms with E-state index in [0.717, 1.165) is 25.1 Å². The summed E-state index contributed by atoms with van der Waals surface area (Å²) >= 11 is 0. The summed E-state index contributed by atoms with van der Waals surface area (Å²) in [5, 5.41) is 0. The molecule has 4 nitrogen and oxygen atoms in total. The molecule has 1 heterocycles. The first kappa shape index (κ1) is 13.1. The zero-order valence-corrected chi connectivity index (χ0v) is 11.0. The van der Waals surface area contributed by atoms with Crippen LogP contribution in [0.3, 0.4) is 0 Å². The van der Waals surface area contributed by atoms with E-state index in [4.69, 9.17) is 5.73 Å². The second-order valence-corrected chi connectivity index (χ2v) is 5.08. The van der Waals surface area contributed by atoms with Crippen molar-refractivity contribution in [1.29, 1.82) is 0 Å². The maximum atomic E-state index is 12.3. The van der Waals surface area contributed by atoms with Gasteiger partial charge in [0.25, 0.3) is 0 Å². The van der Waals surface area contributed by atoms with Crippen molar-refractivity contribution in [3.05, 3.63) is 35.9 Å². The van der Waals surface area contributed by atoms with Crippen LogP contribution in [0.1, 0.15) is 18.0 Å². The largest absolute Gasteiger partial charge is 0.339 e. The molecular weight excluding hydrogens is 226 g/mol. The summed E-state index contributed by atoms with van der Waals surface area (Å²) in [6.45, 7) is 1.59. The lowest BCUT2D eigenvalue weighted by Gasteiger charge is -2.23. The summed E-state index contributed by atoms with van der Waals surface area (Å²) in [6.07, 6.45) is 1.03. The van der Waals surface area contributed by atoms with E-state index in [9.17, 15) is 4.79 Å². The number of benzene rings is 1. The molecule has 4 heteroatoms. The van der Waals surface area contributed by atoms with Gasteiger partial charge in [-0.05, 0) is 26.1 Å². The molecule has 0 bridgehead atoms. The van der Waals surface area contributed by atoms with Gasteiger partial charge in [0.2, 0.25) is 5.91 Å². The van der Waals surface area contributed by atoms with Crippen LogP contribution < -0.4 is 5.73 Å². The predicted octanol–water partition coefficient (Wildman–Crippen LogP) is 0.849. The molecule has 1 aliphatic rings. The van der Waals surface area contributed by atoms with Crippen LogP contribution in [0.15, 0.2) is 30.3 Å². The van der Waals surface area contributed by atoms with Crippen molar-refractivity contribution in [1.82, 2.24) is 9.80 Å². The van der Waals surface area contributed by atoms with Crippen molar-refractivity contribution in [3.63, 3.8) is 0 Å². The summed E-state index contributed by atoms with van der Waals surface area (Å²) in [7, 11) is 4.10. The molecule has 1 fully saturated rings. The smallest absolute Gasteiger partial charge is 0.244 e. The van der Waals surface area contributed by atoms with E-state index in [0.29, 0.717) is 6.04 Å². The second-order valence-electron chi connectivity index (χ2n) is 5.08. The van der Waals surface area contributed by atoms with Crippen LogP contribution >= 0.6 is 0 Å². The van der Waals surface area contributed by atoms with Gasteiger partial charge in [0.15, 0.2) is 0 Å². The maximum absolute atomic E-state index is 12.3. The molecule has 18 heavy (non-hydrogen) atoms. The highest BCUT2D eigenvalue weighted by Crippen LogP contribution is 2.19. The Kier molecular flexibility index (Phi) is 3.99. The molecule has 1 aliphatic heterocycles. The minimum Gasteiger partial charge on any atom is -0.339 e. The van der Waals surface area contributed by atoms with Crippen LogP contribution in [0.25, 0.3) is 0 Å². The van der Waals surface area contributed by atoms with E-state index in [2.05, 4.69) is 19.0 Å². The van der Waals surface area contributed by atoms with Crippen LogP contribution in [0.5, 0.6) is 0 Å². The van der Waals surface area contributed by atoms with Gasteiger partial charge in [0.05, 0.1) is 0 Å². The van der Waals surface area contributed by atoms with Crippen molar-refractivity contribution in [2.45, 2.75) is 18.5 Å². The number of carbonyl (C=O) groups excluding carboxylic acids is 1. The molecule has 98 valence electrons. The molecule has 1 aromatic rings. The molecule has 0 aromatic heterocycles. The monoisotopic (exact) mass is 247 g/mol. The number of nitrogens with zero attached hydrogens (tertiary/aromatic N) is 2. The van der Waals surface area contributed by atoms with Gasteiger partial charge in [-0.25, -0.2) is 0 Å². The quantitative estimate of drug-likeness (QED) is 0.861. The van der Waals surface area contributed by atoms with E-state index in [1.165, 1.54) is 0 Å². The summed E-state index contributed by atoms with van der Waals surface area (Å²) in [4.78, 5) is 16.3. The lowest BCUT2D eigenvalue weighted by atomic mass is 10.1. The van der Waals surface area contributed by atoms with Gasteiger partial charge in [-0.15, -0.1) is 0 Å². The van der Waals surface area contributed by atoms with Crippen LogP contribution in [0, 0.1) is 0 Å². The first-order valence-electron chi connectivity index (χ1n) is 6.35. The number of rotatable bonds is 3. The predicted molar refractivity (Wildman–Crippen MR) is 72.0 cm³/mol. The Hall–Kier alpha value is -1.39. The number of amides is 1. The van der Waals surface area contributed by atoms with Crippen molar-refractivity contribution in [2.24, 2.45) is 5.73 Å². The van der Waals surface area contributed by atoms with E-state index >= 15 is 0 Å². The zero-order valence-electron chi connectivity index (χ0n) is 11.0. The van der Waals surface area contributed by atoms with E-state index in [-0.39, 0.29) is 5.91 Å². The summed E-state index contributed by atoms with van der Waals surface area (Å²) in [5.74, 6) is 0.0329. The Morgan fingerprint density at radius 1 is 1.39 bits per heavy atom. The van der Waals surface area contributed by atoms with Crippen molar-refractivity contribution < 1.29 is 4.79 Å². The van der Waals surface area contributed by atoms with E-state index in [1.54, 1.807) is 0 Å². The number of nitrogens with two attached hydrogens (primary N) is 1. The third-order valence-electron chi connectivity index (χ3n) is 3.63. The van der Waals surface area contributed by atoms with Crippen LogP contribution in [0.2, 0.25) is 0 Å². The number of hydrogen-bond donors (Lipinski definition) is 1. The Balaban J connectivity index is 2.00. The fourth-order valence-corrected chi connectivity index (χ4v) is 2.36. The molecule has 2 N–H and O–H groups in total. The lowest BCUT2D eigenvalue weighted by molar-refractivity contribution is -0.131. The molecule has 0 radical (unpaired) electrons. The Labute approximate surface area is 108 Å². The molecule has 1 unspecified atom stereocenters. The Bertz CT molecular complexity index is 405. The minimum atomic E-state index is -0.535. The maximum Gasteiger partial charge on any atom is 0.244 e. The molecule has 0 saturated carbocycles. The fourth-order valence-electron chi connectivity index (χ4n) is 2.36. The molecule has 2 atom stereocenters. The number of likely N-dealkylation sites (tertiary alicyclic amines) is 1. The lowest BCUT2D eigenvalue weighted by Crippen LogP contribution is -2.39. The van der Waals surface area contributed by atoms with Crippen molar-refractivity contribution >= 4 is 5.91 Å². The van der Waals surface area contributed by atoms with Crippen LogP contribution in [0.4, 0.5) is 0 Å². The highest BCUT2D eigenvalue weighted by molar-refractivity contribution is 5.83. The molecule has 0 aliphatic carbocycles. The van der Waals surface area contributed by atoms with E-state index < -0.39 is 6.04 Å². The first-order chi connectivity index (χ1) is 8.59.